The van der Waals surface area contributed by atoms with Crippen LogP contribution in [-0.2, 0) is 20.1 Å². The van der Waals surface area contributed by atoms with E-state index in [1.165, 1.54) is 4.88 Å². The van der Waals surface area contributed by atoms with Crippen molar-refractivity contribution in [2.75, 3.05) is 6.54 Å². The number of aromatic nitrogens is 2. The maximum absolute atomic E-state index is 6.27. The molecular formula is C13H18ClN3S. The molecule has 0 unspecified atom stereocenters. The standard InChI is InChI=1S/C13H18ClN3S/c1-4-17(8-11-6-5-7-18-11)9-12-10(2)15-16(3)13(12)14/h5-7H,4,8-9H2,1-3H3. The van der Waals surface area contributed by atoms with Gasteiger partial charge in [0.15, 0.2) is 0 Å². The molecule has 3 nitrogen and oxygen atoms in total. The van der Waals surface area contributed by atoms with Gasteiger partial charge < -0.3 is 0 Å². The average molecular weight is 284 g/mol. The van der Waals surface area contributed by atoms with Gasteiger partial charge in [0.2, 0.25) is 0 Å². The molecule has 18 heavy (non-hydrogen) atoms. The molecule has 0 aliphatic heterocycles. The summed E-state index contributed by atoms with van der Waals surface area (Å²) < 4.78 is 1.74. The molecule has 0 amide bonds. The van der Waals surface area contributed by atoms with E-state index in [-0.39, 0.29) is 0 Å². The van der Waals surface area contributed by atoms with E-state index in [1.54, 1.807) is 16.0 Å². The van der Waals surface area contributed by atoms with Crippen molar-refractivity contribution in [3.05, 3.63) is 38.8 Å². The zero-order chi connectivity index (χ0) is 13.1. The minimum atomic E-state index is 0.747. The third kappa shape index (κ3) is 2.94. The van der Waals surface area contributed by atoms with Crippen LogP contribution in [0.2, 0.25) is 5.15 Å². The molecule has 0 aromatic carbocycles. The van der Waals surface area contributed by atoms with Crippen LogP contribution in [0.3, 0.4) is 0 Å². The Hall–Kier alpha value is -0.840. The number of rotatable bonds is 5. The summed E-state index contributed by atoms with van der Waals surface area (Å²) in [5.41, 5.74) is 2.16. The summed E-state index contributed by atoms with van der Waals surface area (Å²) in [4.78, 5) is 3.76. The Morgan fingerprint density at radius 3 is 2.72 bits per heavy atom. The highest BCUT2D eigenvalue weighted by molar-refractivity contribution is 7.09. The lowest BCUT2D eigenvalue weighted by Crippen LogP contribution is -2.22. The van der Waals surface area contributed by atoms with Gasteiger partial charge in [0.05, 0.1) is 5.69 Å². The van der Waals surface area contributed by atoms with Gasteiger partial charge >= 0.3 is 0 Å². The Kier molecular flexibility index (Phi) is 4.43. The first kappa shape index (κ1) is 13.6. The molecule has 0 fully saturated rings. The molecule has 0 radical (unpaired) electrons. The van der Waals surface area contributed by atoms with Crippen molar-refractivity contribution in [1.29, 1.82) is 0 Å². The average Bonchev–Trinajstić information content (AvgIpc) is 2.92. The fraction of sp³-hybridized carbons (Fsp3) is 0.462. The van der Waals surface area contributed by atoms with E-state index in [9.17, 15) is 0 Å². The van der Waals surface area contributed by atoms with Crippen LogP contribution >= 0.6 is 22.9 Å². The van der Waals surface area contributed by atoms with Gasteiger partial charge in [0.25, 0.3) is 0 Å². The van der Waals surface area contributed by atoms with Gasteiger partial charge in [-0.15, -0.1) is 11.3 Å². The van der Waals surface area contributed by atoms with E-state index in [4.69, 9.17) is 11.6 Å². The molecule has 0 saturated carbocycles. The number of thiophene rings is 1. The van der Waals surface area contributed by atoms with Crippen molar-refractivity contribution >= 4 is 22.9 Å². The molecule has 98 valence electrons. The topological polar surface area (TPSA) is 21.1 Å². The zero-order valence-corrected chi connectivity index (χ0v) is 12.6. The third-order valence-electron chi connectivity index (χ3n) is 3.06. The summed E-state index contributed by atoms with van der Waals surface area (Å²) in [7, 11) is 1.88. The highest BCUT2D eigenvalue weighted by atomic mass is 35.5. The molecule has 5 heteroatoms. The second-order valence-corrected chi connectivity index (χ2v) is 5.75. The maximum atomic E-state index is 6.27. The SMILES string of the molecule is CCN(Cc1cccs1)Cc1c(C)nn(C)c1Cl. The number of hydrogen-bond acceptors (Lipinski definition) is 3. The molecule has 2 aromatic heterocycles. The van der Waals surface area contributed by atoms with Crippen molar-refractivity contribution in [3.63, 3.8) is 0 Å². The second kappa shape index (κ2) is 5.87. The first-order valence-electron chi connectivity index (χ1n) is 6.04. The van der Waals surface area contributed by atoms with Crippen molar-refractivity contribution in [2.24, 2.45) is 7.05 Å². The highest BCUT2D eigenvalue weighted by Crippen LogP contribution is 2.22. The number of halogens is 1. The van der Waals surface area contributed by atoms with Crippen LogP contribution in [0.25, 0.3) is 0 Å². The van der Waals surface area contributed by atoms with E-state index in [2.05, 4.69) is 34.4 Å². The zero-order valence-electron chi connectivity index (χ0n) is 11.0. The van der Waals surface area contributed by atoms with E-state index < -0.39 is 0 Å². The van der Waals surface area contributed by atoms with Gasteiger partial charge in [0.1, 0.15) is 5.15 Å². The molecule has 0 aliphatic carbocycles. The maximum Gasteiger partial charge on any atom is 0.131 e. The Balaban J connectivity index is 2.10. The van der Waals surface area contributed by atoms with E-state index in [0.29, 0.717) is 0 Å². The summed E-state index contributed by atoms with van der Waals surface area (Å²) in [6, 6.07) is 4.27. The molecule has 2 heterocycles. The first-order valence-corrected chi connectivity index (χ1v) is 7.30. The van der Waals surface area contributed by atoms with Gasteiger partial charge in [-0.1, -0.05) is 24.6 Å². The van der Waals surface area contributed by atoms with Gasteiger partial charge in [-0.3, -0.25) is 9.58 Å². The second-order valence-electron chi connectivity index (χ2n) is 4.36. The van der Waals surface area contributed by atoms with Crippen LogP contribution in [0.1, 0.15) is 23.1 Å². The van der Waals surface area contributed by atoms with Crippen LogP contribution in [0.5, 0.6) is 0 Å². The summed E-state index contributed by atoms with van der Waals surface area (Å²) in [6.07, 6.45) is 0. The largest absolute Gasteiger partial charge is 0.294 e. The lowest BCUT2D eigenvalue weighted by molar-refractivity contribution is 0.273. The fourth-order valence-corrected chi connectivity index (χ4v) is 2.96. The summed E-state index contributed by atoms with van der Waals surface area (Å²) in [5, 5.41) is 7.22. The minimum Gasteiger partial charge on any atom is -0.294 e. The normalized spacial score (nSPS) is 11.4. The molecular weight excluding hydrogens is 266 g/mol. The van der Waals surface area contributed by atoms with Gasteiger partial charge in [-0.05, 0) is 24.9 Å². The number of nitrogens with zero attached hydrogens (tertiary/aromatic N) is 3. The summed E-state index contributed by atoms with van der Waals surface area (Å²) in [6.45, 7) is 7.02. The summed E-state index contributed by atoms with van der Waals surface area (Å²) in [5.74, 6) is 0. The quantitative estimate of drug-likeness (QED) is 0.838. The van der Waals surface area contributed by atoms with Crippen LogP contribution in [-0.4, -0.2) is 21.2 Å². The Morgan fingerprint density at radius 2 is 2.22 bits per heavy atom. The van der Waals surface area contributed by atoms with Crippen molar-refractivity contribution < 1.29 is 0 Å². The van der Waals surface area contributed by atoms with E-state index in [1.807, 2.05) is 14.0 Å². The fourth-order valence-electron chi connectivity index (χ4n) is 1.98. The third-order valence-corrected chi connectivity index (χ3v) is 4.39. The number of aryl methyl sites for hydroxylation is 2. The van der Waals surface area contributed by atoms with Crippen molar-refractivity contribution in [2.45, 2.75) is 26.9 Å². The van der Waals surface area contributed by atoms with Crippen molar-refractivity contribution in [3.8, 4) is 0 Å². The predicted molar refractivity (Wildman–Crippen MR) is 77.1 cm³/mol. The smallest absolute Gasteiger partial charge is 0.131 e. The van der Waals surface area contributed by atoms with Gasteiger partial charge in [0, 0.05) is 30.6 Å². The predicted octanol–water partition coefficient (Wildman–Crippen LogP) is 3.47. The molecule has 2 rings (SSSR count). The van der Waals surface area contributed by atoms with Crippen LogP contribution in [0, 0.1) is 6.92 Å². The van der Waals surface area contributed by atoms with Gasteiger partial charge in [-0.2, -0.15) is 5.10 Å². The van der Waals surface area contributed by atoms with Crippen molar-refractivity contribution in [1.82, 2.24) is 14.7 Å². The highest BCUT2D eigenvalue weighted by Gasteiger charge is 2.14. The molecule has 0 bridgehead atoms. The lowest BCUT2D eigenvalue weighted by Gasteiger charge is -2.19. The number of hydrogen-bond donors (Lipinski definition) is 0. The first-order chi connectivity index (χ1) is 8.61. The lowest BCUT2D eigenvalue weighted by atomic mass is 10.2. The Bertz CT molecular complexity index is 505. The molecule has 2 aromatic rings. The van der Waals surface area contributed by atoms with Crippen LogP contribution in [0.15, 0.2) is 17.5 Å². The molecule has 0 atom stereocenters. The summed E-state index contributed by atoms with van der Waals surface area (Å²) >= 11 is 8.07. The van der Waals surface area contributed by atoms with E-state index in [0.717, 1.165) is 36.0 Å². The minimum absolute atomic E-state index is 0.747. The van der Waals surface area contributed by atoms with Gasteiger partial charge in [-0.25, -0.2) is 0 Å². The van der Waals surface area contributed by atoms with Crippen LogP contribution < -0.4 is 0 Å². The molecule has 0 saturated heterocycles. The Morgan fingerprint density at radius 1 is 1.44 bits per heavy atom. The van der Waals surface area contributed by atoms with E-state index >= 15 is 0 Å². The Labute approximate surface area is 117 Å². The molecule has 0 aliphatic rings. The molecule has 0 N–H and O–H groups in total. The molecule has 0 spiro atoms. The monoisotopic (exact) mass is 283 g/mol. The van der Waals surface area contributed by atoms with Crippen LogP contribution in [0.4, 0.5) is 0 Å².